The zero-order valence-corrected chi connectivity index (χ0v) is 8.43. The normalized spacial score (nSPS) is 10.3. The highest BCUT2D eigenvalue weighted by Gasteiger charge is 2.15. The first kappa shape index (κ1) is 11.7. The Balaban J connectivity index is 3.25. The van der Waals surface area contributed by atoms with Gasteiger partial charge in [0.2, 0.25) is 0 Å². The molecular formula is C9H8ClF2N3. The van der Waals surface area contributed by atoms with E-state index in [1.165, 1.54) is 0 Å². The lowest BCUT2D eigenvalue weighted by molar-refractivity contribution is 0.146. The largest absolute Gasteiger partial charge is 0.398 e. The number of nitrogens with two attached hydrogens (primary N) is 1. The van der Waals surface area contributed by atoms with Crippen LogP contribution < -0.4 is 5.73 Å². The molecule has 0 bridgehead atoms. The van der Waals surface area contributed by atoms with Crippen molar-refractivity contribution in [1.29, 1.82) is 5.26 Å². The molecule has 0 aliphatic heterocycles. The van der Waals surface area contributed by atoms with Crippen LogP contribution in [-0.4, -0.2) is 4.98 Å². The number of pyridine rings is 1. The van der Waals surface area contributed by atoms with Crippen molar-refractivity contribution in [2.45, 2.75) is 18.7 Å². The van der Waals surface area contributed by atoms with Crippen LogP contribution in [-0.2, 0) is 12.3 Å². The fraction of sp³-hybridized carbons (Fsp3) is 0.333. The van der Waals surface area contributed by atoms with E-state index in [0.29, 0.717) is 5.56 Å². The maximum atomic E-state index is 12.4. The Morgan fingerprint density at radius 1 is 1.60 bits per heavy atom. The van der Waals surface area contributed by atoms with Gasteiger partial charge in [0.15, 0.2) is 0 Å². The van der Waals surface area contributed by atoms with Gasteiger partial charge in [0.1, 0.15) is 5.69 Å². The van der Waals surface area contributed by atoms with E-state index >= 15 is 0 Å². The van der Waals surface area contributed by atoms with Gasteiger partial charge in [0, 0.05) is 11.3 Å². The molecule has 0 aliphatic rings. The summed E-state index contributed by atoms with van der Waals surface area (Å²) in [7, 11) is 0. The molecule has 0 aliphatic carbocycles. The monoisotopic (exact) mass is 231 g/mol. The lowest BCUT2D eigenvalue weighted by Gasteiger charge is -2.09. The van der Waals surface area contributed by atoms with Crippen LogP contribution >= 0.6 is 11.6 Å². The van der Waals surface area contributed by atoms with Crippen LogP contribution in [0.15, 0.2) is 6.07 Å². The van der Waals surface area contributed by atoms with Crippen molar-refractivity contribution in [1.82, 2.24) is 4.98 Å². The molecule has 80 valence electrons. The highest BCUT2D eigenvalue weighted by molar-refractivity contribution is 6.17. The average molecular weight is 232 g/mol. The number of nitrogen functional groups attached to an aromatic ring is 1. The number of alkyl halides is 3. The number of hydrogen-bond acceptors (Lipinski definition) is 3. The van der Waals surface area contributed by atoms with Gasteiger partial charge in [-0.1, -0.05) is 0 Å². The van der Waals surface area contributed by atoms with Crippen molar-refractivity contribution in [3.8, 4) is 6.07 Å². The Labute approximate surface area is 90.5 Å². The molecule has 0 spiro atoms. The Kier molecular flexibility index (Phi) is 3.81. The highest BCUT2D eigenvalue weighted by atomic mass is 35.5. The molecule has 0 radical (unpaired) electrons. The minimum atomic E-state index is -2.69. The van der Waals surface area contributed by atoms with Gasteiger partial charge in [0.05, 0.1) is 24.1 Å². The molecule has 0 unspecified atom stereocenters. The zero-order chi connectivity index (χ0) is 11.4. The second-order valence-corrected chi connectivity index (χ2v) is 3.10. The molecule has 0 fully saturated rings. The van der Waals surface area contributed by atoms with Gasteiger partial charge in [-0.2, -0.15) is 5.26 Å². The minimum Gasteiger partial charge on any atom is -0.398 e. The topological polar surface area (TPSA) is 62.7 Å². The van der Waals surface area contributed by atoms with E-state index in [-0.39, 0.29) is 23.7 Å². The number of rotatable bonds is 3. The molecule has 6 heteroatoms. The van der Waals surface area contributed by atoms with Gasteiger partial charge >= 0.3 is 0 Å². The molecule has 1 rings (SSSR count). The van der Waals surface area contributed by atoms with E-state index in [1.807, 2.05) is 6.07 Å². The second-order valence-electron chi connectivity index (χ2n) is 2.83. The lowest BCUT2D eigenvalue weighted by Crippen LogP contribution is -2.05. The Morgan fingerprint density at radius 2 is 2.27 bits per heavy atom. The van der Waals surface area contributed by atoms with E-state index < -0.39 is 12.1 Å². The Hall–Kier alpha value is -1.41. The summed E-state index contributed by atoms with van der Waals surface area (Å²) >= 11 is 5.54. The molecule has 0 amide bonds. The smallest absolute Gasteiger partial charge is 0.280 e. The SMILES string of the molecule is N#CCc1c(N)cc(C(F)F)nc1CCl. The summed E-state index contributed by atoms with van der Waals surface area (Å²) in [6.45, 7) is 0. The van der Waals surface area contributed by atoms with Crippen molar-refractivity contribution in [3.05, 3.63) is 23.0 Å². The van der Waals surface area contributed by atoms with Crippen LogP contribution in [0.5, 0.6) is 0 Å². The number of nitriles is 1. The fourth-order valence-corrected chi connectivity index (χ4v) is 1.40. The van der Waals surface area contributed by atoms with Gasteiger partial charge < -0.3 is 5.73 Å². The van der Waals surface area contributed by atoms with E-state index in [4.69, 9.17) is 22.6 Å². The van der Waals surface area contributed by atoms with Crippen molar-refractivity contribution >= 4 is 17.3 Å². The molecular weight excluding hydrogens is 224 g/mol. The first-order valence-electron chi connectivity index (χ1n) is 4.09. The van der Waals surface area contributed by atoms with E-state index in [1.54, 1.807) is 0 Å². The van der Waals surface area contributed by atoms with Crippen LogP contribution in [0.2, 0.25) is 0 Å². The predicted octanol–water partition coefficient (Wildman–Crippen LogP) is 2.41. The average Bonchev–Trinajstić information content (AvgIpc) is 2.20. The number of anilines is 1. The molecule has 1 aromatic rings. The summed E-state index contributed by atoms with van der Waals surface area (Å²) in [6.07, 6.45) is -2.67. The molecule has 0 atom stereocenters. The predicted molar refractivity (Wildman–Crippen MR) is 52.5 cm³/mol. The van der Waals surface area contributed by atoms with Gasteiger partial charge in [-0.15, -0.1) is 11.6 Å². The van der Waals surface area contributed by atoms with E-state index in [9.17, 15) is 8.78 Å². The molecule has 0 saturated heterocycles. The molecule has 3 nitrogen and oxygen atoms in total. The number of halogens is 3. The summed E-state index contributed by atoms with van der Waals surface area (Å²) in [5.41, 5.74) is 5.93. The van der Waals surface area contributed by atoms with E-state index in [2.05, 4.69) is 4.98 Å². The van der Waals surface area contributed by atoms with Crippen LogP contribution in [0, 0.1) is 11.3 Å². The molecule has 1 aromatic heterocycles. The summed E-state index contributed by atoms with van der Waals surface area (Å²) in [5.74, 6) is -0.0399. The highest BCUT2D eigenvalue weighted by Crippen LogP contribution is 2.24. The zero-order valence-electron chi connectivity index (χ0n) is 7.67. The van der Waals surface area contributed by atoms with Crippen molar-refractivity contribution in [3.63, 3.8) is 0 Å². The van der Waals surface area contributed by atoms with Crippen molar-refractivity contribution in [2.75, 3.05) is 5.73 Å². The first-order valence-corrected chi connectivity index (χ1v) is 4.62. The first-order chi connectivity index (χ1) is 7.10. The van der Waals surface area contributed by atoms with Gasteiger partial charge in [0.25, 0.3) is 6.43 Å². The summed E-state index contributed by atoms with van der Waals surface area (Å²) < 4.78 is 24.7. The number of nitrogens with zero attached hydrogens (tertiary/aromatic N) is 2. The third-order valence-corrected chi connectivity index (χ3v) is 2.12. The lowest BCUT2D eigenvalue weighted by atomic mass is 10.1. The van der Waals surface area contributed by atoms with Crippen LogP contribution in [0.1, 0.15) is 23.4 Å². The van der Waals surface area contributed by atoms with Gasteiger partial charge in [-0.05, 0) is 6.07 Å². The molecule has 15 heavy (non-hydrogen) atoms. The summed E-state index contributed by atoms with van der Waals surface area (Å²) in [4.78, 5) is 3.66. The Morgan fingerprint density at radius 3 is 2.73 bits per heavy atom. The second kappa shape index (κ2) is 4.89. The minimum absolute atomic E-state index is 0.0183. The summed E-state index contributed by atoms with van der Waals surface area (Å²) in [6, 6.07) is 2.96. The summed E-state index contributed by atoms with van der Waals surface area (Å²) in [5, 5.41) is 8.52. The molecule has 0 aromatic carbocycles. The van der Waals surface area contributed by atoms with Crippen LogP contribution in [0.25, 0.3) is 0 Å². The van der Waals surface area contributed by atoms with Crippen LogP contribution in [0.4, 0.5) is 14.5 Å². The standard InChI is InChI=1S/C9H8ClF2N3/c10-4-8-5(1-2-13)6(14)3-7(15-8)9(11)12/h3,9H,1,4H2,(H2,14,15). The molecule has 0 saturated carbocycles. The quantitative estimate of drug-likeness (QED) is 0.813. The van der Waals surface area contributed by atoms with Gasteiger partial charge in [-0.25, -0.2) is 8.78 Å². The molecule has 2 N–H and O–H groups in total. The Bertz CT molecular complexity index is 401. The molecule has 1 heterocycles. The number of aromatic nitrogens is 1. The van der Waals surface area contributed by atoms with Crippen molar-refractivity contribution < 1.29 is 8.78 Å². The maximum absolute atomic E-state index is 12.4. The fourth-order valence-electron chi connectivity index (χ4n) is 1.17. The van der Waals surface area contributed by atoms with Crippen molar-refractivity contribution in [2.24, 2.45) is 0 Å². The van der Waals surface area contributed by atoms with E-state index in [0.717, 1.165) is 6.07 Å². The van der Waals surface area contributed by atoms with Gasteiger partial charge in [-0.3, -0.25) is 4.98 Å². The third kappa shape index (κ3) is 2.54. The third-order valence-electron chi connectivity index (χ3n) is 1.87. The maximum Gasteiger partial charge on any atom is 0.280 e. The van der Waals surface area contributed by atoms with Crippen LogP contribution in [0.3, 0.4) is 0 Å². The number of hydrogen-bond donors (Lipinski definition) is 1.